The van der Waals surface area contributed by atoms with E-state index in [0.29, 0.717) is 23.7 Å². The molecule has 8 atom stereocenters. The Kier molecular flexibility index (Phi) is 6.64. The molecule has 5 aliphatic rings. The number of allylic oxidation sites excluding steroid dienone is 2. The second-order valence-electron chi connectivity index (χ2n) is 16.7. The number of Topliss-reactive ketones (excluding diaryl/α,β-unsaturated/α-hetero) is 2. The Balaban J connectivity index is 1.41. The molecule has 0 aromatic heterocycles. The normalized spacial score (nSPS) is 44.4. The van der Waals surface area contributed by atoms with Gasteiger partial charge in [0.05, 0.1) is 5.57 Å². The summed E-state index contributed by atoms with van der Waals surface area (Å²) in [6, 6.07) is 13.1. The van der Waals surface area contributed by atoms with Crippen molar-refractivity contribution in [3.8, 4) is 6.07 Å². The quantitative estimate of drug-likeness (QED) is 0.340. The standard InChI is InChI=1S/C37H49NO2S/c1-32(2)15-17-37(23-41-25-11-9-8-10-12-25)18-16-36(7)30(26(37)21-32)27(39)19-29-34(5)20-24(22-38)31(40)33(3,4)28(34)13-14-35(29,36)6/h8-12,20,26,28-30H,13-19,21,23H2,1-7H3/t26-,28-,29+,30-,34-,35+,36+,37+/m0/s1. The highest BCUT2D eigenvalue weighted by molar-refractivity contribution is 7.99. The first kappa shape index (κ1) is 29.2. The number of carbonyl (C=O) groups is 2. The molecular weight excluding hydrogens is 522 g/mol. The molecule has 0 heterocycles. The molecule has 6 rings (SSSR count). The molecule has 0 amide bonds. The lowest BCUT2D eigenvalue weighted by Gasteiger charge is -2.72. The van der Waals surface area contributed by atoms with Gasteiger partial charge >= 0.3 is 0 Å². The summed E-state index contributed by atoms with van der Waals surface area (Å²) in [4.78, 5) is 29.4. The third-order valence-electron chi connectivity index (χ3n) is 13.9. The Morgan fingerprint density at radius 3 is 2.24 bits per heavy atom. The molecule has 41 heavy (non-hydrogen) atoms. The van der Waals surface area contributed by atoms with Crippen molar-refractivity contribution in [2.75, 3.05) is 5.75 Å². The van der Waals surface area contributed by atoms with Crippen molar-refractivity contribution >= 4 is 23.3 Å². The van der Waals surface area contributed by atoms with Gasteiger partial charge in [0.2, 0.25) is 0 Å². The molecule has 0 spiro atoms. The van der Waals surface area contributed by atoms with Crippen molar-refractivity contribution in [3.63, 3.8) is 0 Å². The Labute approximate surface area is 252 Å². The number of fused-ring (bicyclic) bond motifs is 7. The fourth-order valence-electron chi connectivity index (χ4n) is 11.4. The summed E-state index contributed by atoms with van der Waals surface area (Å²) in [5, 5.41) is 9.98. The maximum absolute atomic E-state index is 14.7. The lowest BCUT2D eigenvalue weighted by atomic mass is 9.31. The van der Waals surface area contributed by atoms with Crippen molar-refractivity contribution in [2.45, 2.75) is 105 Å². The second kappa shape index (κ2) is 9.32. The summed E-state index contributed by atoms with van der Waals surface area (Å²) in [6.07, 6.45) is 10.5. The average Bonchev–Trinajstić information content (AvgIpc) is 2.92. The number of rotatable bonds is 3. The van der Waals surface area contributed by atoms with Crippen LogP contribution in [-0.4, -0.2) is 17.3 Å². The highest BCUT2D eigenvalue weighted by Crippen LogP contribution is 2.76. The van der Waals surface area contributed by atoms with Gasteiger partial charge in [0, 0.05) is 28.4 Å². The Morgan fingerprint density at radius 1 is 0.878 bits per heavy atom. The van der Waals surface area contributed by atoms with Crippen LogP contribution in [0.5, 0.6) is 0 Å². The van der Waals surface area contributed by atoms with Gasteiger partial charge in [0.15, 0.2) is 5.78 Å². The van der Waals surface area contributed by atoms with Crippen LogP contribution in [0, 0.1) is 67.5 Å². The number of ketones is 2. The number of thioether (sulfide) groups is 1. The van der Waals surface area contributed by atoms with Crippen LogP contribution < -0.4 is 0 Å². The van der Waals surface area contributed by atoms with E-state index in [-0.39, 0.29) is 50.6 Å². The largest absolute Gasteiger partial charge is 0.299 e. The number of hydrogen-bond acceptors (Lipinski definition) is 4. The summed E-state index contributed by atoms with van der Waals surface area (Å²) in [5.41, 5.74) is -0.232. The molecule has 0 bridgehead atoms. The third kappa shape index (κ3) is 4.03. The van der Waals surface area contributed by atoms with Crippen LogP contribution in [0.2, 0.25) is 0 Å². The average molecular weight is 572 g/mol. The van der Waals surface area contributed by atoms with Crippen LogP contribution in [-0.2, 0) is 9.59 Å². The monoisotopic (exact) mass is 571 g/mol. The Morgan fingerprint density at radius 2 is 1.56 bits per heavy atom. The number of benzene rings is 1. The molecule has 220 valence electrons. The highest BCUT2D eigenvalue weighted by atomic mass is 32.2. The first-order chi connectivity index (χ1) is 19.1. The first-order valence-corrected chi connectivity index (χ1v) is 17.0. The van der Waals surface area contributed by atoms with Crippen LogP contribution >= 0.6 is 11.8 Å². The summed E-state index contributed by atoms with van der Waals surface area (Å²) in [7, 11) is 0. The van der Waals surface area contributed by atoms with E-state index in [1.165, 1.54) is 24.2 Å². The predicted molar refractivity (Wildman–Crippen MR) is 166 cm³/mol. The molecule has 0 radical (unpaired) electrons. The fourth-order valence-corrected chi connectivity index (χ4v) is 12.7. The first-order valence-electron chi connectivity index (χ1n) is 16.0. The summed E-state index contributed by atoms with van der Waals surface area (Å²) < 4.78 is 0. The topological polar surface area (TPSA) is 57.9 Å². The number of carbonyl (C=O) groups excluding carboxylic acids is 2. The molecule has 1 aromatic carbocycles. The van der Waals surface area contributed by atoms with E-state index < -0.39 is 5.41 Å². The van der Waals surface area contributed by atoms with Gasteiger partial charge in [-0.05, 0) is 102 Å². The molecule has 0 aliphatic heterocycles. The van der Waals surface area contributed by atoms with Crippen LogP contribution in [0.1, 0.15) is 99.8 Å². The second-order valence-corrected chi connectivity index (χ2v) is 17.7. The minimum atomic E-state index is -0.583. The fraction of sp³-hybridized carbons (Fsp3) is 0.703. The summed E-state index contributed by atoms with van der Waals surface area (Å²) >= 11 is 2.00. The minimum Gasteiger partial charge on any atom is -0.299 e. The van der Waals surface area contributed by atoms with Crippen LogP contribution in [0.25, 0.3) is 0 Å². The molecule has 5 aliphatic carbocycles. The number of nitrogens with zero attached hydrogens (tertiary/aromatic N) is 1. The zero-order valence-electron chi connectivity index (χ0n) is 26.3. The predicted octanol–water partition coefficient (Wildman–Crippen LogP) is 9.08. The summed E-state index contributed by atoms with van der Waals surface area (Å²) in [5.74, 6) is 2.36. The SMILES string of the molecule is CC1(C)CC[C@]2(CSc3ccccc3)CC[C@]3(C)[C@H](C(=O)C[C@@H]4[C@@]5(C)C=C(C#N)C(=O)C(C)(C)[C@@H]5CC[C@]43C)[C@@H]2C1. The Hall–Kier alpha value is -1.86. The van der Waals surface area contributed by atoms with Crippen LogP contribution in [0.3, 0.4) is 0 Å². The van der Waals surface area contributed by atoms with Crippen LogP contribution in [0.4, 0.5) is 0 Å². The number of hydrogen-bond donors (Lipinski definition) is 0. The Bertz CT molecular complexity index is 1340. The van der Waals surface area contributed by atoms with Gasteiger partial charge < -0.3 is 0 Å². The van der Waals surface area contributed by atoms with Gasteiger partial charge in [-0.1, -0.05) is 72.7 Å². The van der Waals surface area contributed by atoms with Crippen LogP contribution in [0.15, 0.2) is 46.9 Å². The molecule has 0 unspecified atom stereocenters. The van der Waals surface area contributed by atoms with Gasteiger partial charge in [0.1, 0.15) is 11.9 Å². The molecule has 4 heteroatoms. The van der Waals surface area contributed by atoms with E-state index in [0.717, 1.165) is 31.4 Å². The van der Waals surface area contributed by atoms with E-state index >= 15 is 0 Å². The lowest BCUT2D eigenvalue weighted by molar-refractivity contribution is -0.220. The van der Waals surface area contributed by atoms with E-state index in [2.05, 4.69) is 71.0 Å². The molecule has 3 nitrogen and oxygen atoms in total. The summed E-state index contributed by atoms with van der Waals surface area (Å²) in [6.45, 7) is 16.2. The smallest absolute Gasteiger partial charge is 0.178 e. The zero-order chi connectivity index (χ0) is 29.6. The van der Waals surface area contributed by atoms with Crippen molar-refractivity contribution in [3.05, 3.63) is 42.0 Å². The minimum absolute atomic E-state index is 0.00924. The van der Waals surface area contributed by atoms with Gasteiger partial charge in [-0.3, -0.25) is 9.59 Å². The zero-order valence-corrected chi connectivity index (χ0v) is 27.1. The van der Waals surface area contributed by atoms with Crippen molar-refractivity contribution in [1.29, 1.82) is 5.26 Å². The van der Waals surface area contributed by atoms with E-state index in [4.69, 9.17) is 0 Å². The molecule has 0 N–H and O–H groups in total. The maximum atomic E-state index is 14.7. The molecule has 4 fully saturated rings. The molecule has 0 saturated heterocycles. The van der Waals surface area contributed by atoms with E-state index in [1.807, 2.05) is 31.7 Å². The lowest BCUT2D eigenvalue weighted by Crippen LogP contribution is -2.68. The maximum Gasteiger partial charge on any atom is 0.178 e. The van der Waals surface area contributed by atoms with Crippen molar-refractivity contribution in [2.24, 2.45) is 56.2 Å². The molecular formula is C37H49NO2S. The molecule has 4 saturated carbocycles. The highest BCUT2D eigenvalue weighted by Gasteiger charge is 2.72. The van der Waals surface area contributed by atoms with Gasteiger partial charge in [0.25, 0.3) is 0 Å². The number of nitriles is 1. The molecule has 1 aromatic rings. The van der Waals surface area contributed by atoms with Gasteiger partial charge in [-0.15, -0.1) is 11.8 Å². The van der Waals surface area contributed by atoms with Crippen molar-refractivity contribution in [1.82, 2.24) is 0 Å². The van der Waals surface area contributed by atoms with Gasteiger partial charge in [-0.2, -0.15) is 5.26 Å². The van der Waals surface area contributed by atoms with E-state index in [9.17, 15) is 14.9 Å². The van der Waals surface area contributed by atoms with Gasteiger partial charge in [-0.25, -0.2) is 0 Å². The third-order valence-corrected chi connectivity index (χ3v) is 15.2. The van der Waals surface area contributed by atoms with Crippen molar-refractivity contribution < 1.29 is 9.59 Å². The van der Waals surface area contributed by atoms with E-state index in [1.54, 1.807) is 0 Å².